The Bertz CT molecular complexity index is 1100. The van der Waals surface area contributed by atoms with Crippen molar-refractivity contribution in [2.45, 2.75) is 70.6 Å². The van der Waals surface area contributed by atoms with Gasteiger partial charge in [-0.2, -0.15) is 0 Å². The molecule has 2 aromatic rings. The number of fused-ring (bicyclic) bond motifs is 4. The first-order chi connectivity index (χ1) is 17.4. The van der Waals surface area contributed by atoms with E-state index >= 15 is 0 Å². The Morgan fingerprint density at radius 2 is 1.83 bits per heavy atom. The van der Waals surface area contributed by atoms with Crippen molar-refractivity contribution in [1.29, 1.82) is 0 Å². The van der Waals surface area contributed by atoms with Crippen LogP contribution in [0.3, 0.4) is 0 Å². The van der Waals surface area contributed by atoms with Crippen LogP contribution in [-0.4, -0.2) is 53.9 Å². The molecular formula is C28H37N5O3. The maximum atomic E-state index is 11.7. The molecule has 4 fully saturated rings. The number of piperidine rings is 1. The zero-order valence-electron chi connectivity index (χ0n) is 21.4. The predicted octanol–water partition coefficient (Wildman–Crippen LogP) is 4.76. The summed E-state index contributed by atoms with van der Waals surface area (Å²) in [6.45, 7) is 4.75. The van der Waals surface area contributed by atoms with E-state index in [-0.39, 0.29) is 17.7 Å². The number of aliphatic carboxylic acids is 1. The normalized spacial score (nSPS) is 29.8. The van der Waals surface area contributed by atoms with Crippen LogP contribution < -0.4 is 15.1 Å². The van der Waals surface area contributed by atoms with Gasteiger partial charge in [-0.25, -0.2) is 9.97 Å². The summed E-state index contributed by atoms with van der Waals surface area (Å²) < 4.78 is 6.44. The van der Waals surface area contributed by atoms with Crippen LogP contribution in [0.2, 0.25) is 0 Å². The number of nitrogens with one attached hydrogen (secondary N) is 1. The third-order valence-corrected chi connectivity index (χ3v) is 9.38. The molecule has 5 aliphatic rings. The zero-order chi connectivity index (χ0) is 24.9. The average Bonchev–Trinajstić information content (AvgIpc) is 3.24. The average molecular weight is 492 g/mol. The van der Waals surface area contributed by atoms with Gasteiger partial charge in [0.1, 0.15) is 12.0 Å². The quantitative estimate of drug-likeness (QED) is 0.598. The summed E-state index contributed by atoms with van der Waals surface area (Å²) in [6, 6.07) is 6.46. The van der Waals surface area contributed by atoms with Crippen LogP contribution in [0.25, 0.3) is 0 Å². The minimum atomic E-state index is -0.588. The number of aromatic nitrogens is 2. The van der Waals surface area contributed by atoms with E-state index in [2.05, 4.69) is 52.3 Å². The first-order valence-electron chi connectivity index (χ1n) is 13.4. The van der Waals surface area contributed by atoms with E-state index in [1.807, 2.05) is 12.4 Å². The summed E-state index contributed by atoms with van der Waals surface area (Å²) in [7, 11) is 2.09. The Labute approximate surface area is 213 Å². The topological polar surface area (TPSA) is 90.8 Å². The number of carboxylic acid groups (broad SMARTS) is 1. The number of ether oxygens (including phenoxy) is 1. The molecule has 0 spiro atoms. The van der Waals surface area contributed by atoms with Gasteiger partial charge in [-0.15, -0.1) is 0 Å². The van der Waals surface area contributed by atoms with E-state index in [0.29, 0.717) is 0 Å². The minimum absolute atomic E-state index is 0.0367. The standard InChI is InChI=1S/C28H37N5O3/c1-19-15-22-24(30-16-19)31-25(32(22)2)20-3-4-23(29-17-20)33-13-5-21(6-14-33)36-18-27-7-10-28(11-8-27,12-9-27)26(34)35/h3-4,15-17,21,25H,5-14,18H2,1-2H3,(H,30,31)(H,34,35). The summed E-state index contributed by atoms with van der Waals surface area (Å²) >= 11 is 0. The lowest BCUT2D eigenvalue weighted by atomic mass is 9.54. The second-order valence-electron chi connectivity index (χ2n) is 11.6. The van der Waals surface area contributed by atoms with Gasteiger partial charge in [-0.3, -0.25) is 4.79 Å². The van der Waals surface area contributed by atoms with Crippen LogP contribution in [0, 0.1) is 17.8 Å². The highest BCUT2D eigenvalue weighted by molar-refractivity contribution is 5.75. The molecule has 3 saturated carbocycles. The van der Waals surface area contributed by atoms with Crippen molar-refractivity contribution in [2.24, 2.45) is 10.8 Å². The Hall–Kier alpha value is -2.87. The minimum Gasteiger partial charge on any atom is -0.481 e. The van der Waals surface area contributed by atoms with Crippen molar-refractivity contribution < 1.29 is 14.6 Å². The number of anilines is 3. The van der Waals surface area contributed by atoms with Crippen LogP contribution in [0.1, 0.15) is 68.7 Å². The van der Waals surface area contributed by atoms with Crippen LogP contribution in [0.5, 0.6) is 0 Å². The van der Waals surface area contributed by atoms with Gasteiger partial charge in [0.05, 0.1) is 23.8 Å². The van der Waals surface area contributed by atoms with Crippen molar-refractivity contribution in [1.82, 2.24) is 9.97 Å². The number of pyridine rings is 2. The molecule has 2 bridgehead atoms. The number of rotatable bonds is 6. The van der Waals surface area contributed by atoms with E-state index in [9.17, 15) is 9.90 Å². The summed E-state index contributed by atoms with van der Waals surface area (Å²) in [6.07, 6.45) is 11.7. The molecule has 192 valence electrons. The zero-order valence-corrected chi connectivity index (χ0v) is 21.4. The van der Waals surface area contributed by atoms with E-state index in [1.165, 1.54) is 0 Å². The van der Waals surface area contributed by atoms with E-state index < -0.39 is 11.4 Å². The second kappa shape index (κ2) is 8.91. The first kappa shape index (κ1) is 23.5. The Morgan fingerprint density at radius 3 is 2.47 bits per heavy atom. The molecule has 2 aliphatic heterocycles. The summed E-state index contributed by atoms with van der Waals surface area (Å²) in [5.74, 6) is 1.35. The molecule has 0 radical (unpaired) electrons. The molecule has 0 aromatic carbocycles. The lowest BCUT2D eigenvalue weighted by Crippen LogP contribution is -2.48. The van der Waals surface area contributed by atoms with E-state index in [4.69, 9.17) is 9.72 Å². The number of carbonyl (C=O) groups is 1. The van der Waals surface area contributed by atoms with Crippen molar-refractivity contribution in [3.63, 3.8) is 0 Å². The molecule has 1 saturated heterocycles. The van der Waals surface area contributed by atoms with Crippen LogP contribution in [0.15, 0.2) is 30.6 Å². The van der Waals surface area contributed by atoms with Crippen LogP contribution in [-0.2, 0) is 9.53 Å². The molecule has 4 heterocycles. The Morgan fingerprint density at radius 1 is 1.11 bits per heavy atom. The lowest BCUT2D eigenvalue weighted by molar-refractivity contribution is -0.162. The fourth-order valence-corrected chi connectivity index (χ4v) is 6.70. The third kappa shape index (κ3) is 4.09. The third-order valence-electron chi connectivity index (χ3n) is 9.38. The Balaban J connectivity index is 1.00. The highest BCUT2D eigenvalue weighted by Crippen LogP contribution is 2.57. The number of hydrogen-bond acceptors (Lipinski definition) is 7. The van der Waals surface area contributed by atoms with Gasteiger partial charge in [-0.05, 0) is 87.5 Å². The summed E-state index contributed by atoms with van der Waals surface area (Å²) in [5.41, 5.74) is 3.16. The molecule has 0 amide bonds. The maximum absolute atomic E-state index is 11.7. The molecule has 7 rings (SSSR count). The maximum Gasteiger partial charge on any atom is 0.309 e. The molecule has 2 aromatic heterocycles. The van der Waals surface area contributed by atoms with Crippen molar-refractivity contribution in [3.8, 4) is 0 Å². The smallest absolute Gasteiger partial charge is 0.309 e. The molecular weight excluding hydrogens is 454 g/mol. The highest BCUT2D eigenvalue weighted by Gasteiger charge is 2.52. The number of aryl methyl sites for hydroxylation is 1. The lowest BCUT2D eigenvalue weighted by Gasteiger charge is -2.51. The highest BCUT2D eigenvalue weighted by atomic mass is 16.5. The van der Waals surface area contributed by atoms with Gasteiger partial charge in [0.25, 0.3) is 0 Å². The molecule has 8 heteroatoms. The van der Waals surface area contributed by atoms with Crippen molar-refractivity contribution in [2.75, 3.05) is 41.9 Å². The van der Waals surface area contributed by atoms with Crippen molar-refractivity contribution >= 4 is 23.3 Å². The summed E-state index contributed by atoms with van der Waals surface area (Å²) in [5, 5.41) is 13.1. The summed E-state index contributed by atoms with van der Waals surface area (Å²) in [4.78, 5) is 25.6. The van der Waals surface area contributed by atoms with Crippen molar-refractivity contribution in [3.05, 3.63) is 41.7 Å². The number of nitrogens with zero attached hydrogens (tertiary/aromatic N) is 4. The Kier molecular flexibility index (Phi) is 5.82. The van der Waals surface area contributed by atoms with E-state index in [1.54, 1.807) is 0 Å². The van der Waals surface area contributed by atoms with Crippen LogP contribution >= 0.6 is 0 Å². The molecule has 8 nitrogen and oxygen atoms in total. The fraction of sp³-hybridized carbons (Fsp3) is 0.607. The van der Waals surface area contributed by atoms with Gasteiger partial charge in [0, 0.05) is 38.1 Å². The van der Waals surface area contributed by atoms with Gasteiger partial charge in [0.15, 0.2) is 5.82 Å². The largest absolute Gasteiger partial charge is 0.481 e. The first-order valence-corrected chi connectivity index (χ1v) is 13.4. The number of hydrogen-bond donors (Lipinski definition) is 2. The monoisotopic (exact) mass is 491 g/mol. The molecule has 1 atom stereocenters. The SMILES string of the molecule is Cc1cnc2c(c1)N(C)C(c1ccc(N3CCC(OCC45CCC(C(=O)O)(CC4)CC5)CC3)nc1)N2. The number of carboxylic acids is 1. The van der Waals surface area contributed by atoms with Crippen LogP contribution in [0.4, 0.5) is 17.3 Å². The predicted molar refractivity (Wildman–Crippen MR) is 139 cm³/mol. The molecule has 2 N–H and O–H groups in total. The van der Waals surface area contributed by atoms with Gasteiger partial charge < -0.3 is 25.0 Å². The molecule has 3 aliphatic carbocycles. The fourth-order valence-electron chi connectivity index (χ4n) is 6.70. The second-order valence-corrected chi connectivity index (χ2v) is 11.6. The molecule has 1 unspecified atom stereocenters. The molecule has 36 heavy (non-hydrogen) atoms. The van der Waals surface area contributed by atoms with E-state index in [0.717, 1.165) is 99.5 Å². The van der Waals surface area contributed by atoms with Gasteiger partial charge >= 0.3 is 5.97 Å². The van der Waals surface area contributed by atoms with Gasteiger partial charge in [-0.1, -0.05) is 0 Å². The van der Waals surface area contributed by atoms with Gasteiger partial charge in [0.2, 0.25) is 0 Å².